The Labute approximate surface area is 129 Å². The molecule has 2 rings (SSSR count). The van der Waals surface area contributed by atoms with Crippen molar-refractivity contribution in [2.45, 2.75) is 25.2 Å². The third kappa shape index (κ3) is 3.22. The fourth-order valence-corrected chi connectivity index (χ4v) is 4.38. The number of sulfonamides is 1. The van der Waals surface area contributed by atoms with Crippen LogP contribution in [0.15, 0.2) is 4.90 Å². The number of H-pyrrole nitrogens is 1. The Bertz CT molecular complexity index is 601. The van der Waals surface area contributed by atoms with Crippen molar-refractivity contribution in [2.75, 3.05) is 32.1 Å². The van der Waals surface area contributed by atoms with Crippen molar-refractivity contribution in [2.24, 2.45) is 0 Å². The van der Waals surface area contributed by atoms with Gasteiger partial charge in [0.1, 0.15) is 4.90 Å². The van der Waals surface area contributed by atoms with Crippen LogP contribution in [-0.4, -0.2) is 65.8 Å². The molecule has 1 N–H and O–H groups in total. The number of carbonyl (C=O) groups is 1. The Hall–Kier alpha value is -1.12. The number of aryl methyl sites for hydroxylation is 2. The van der Waals surface area contributed by atoms with Crippen molar-refractivity contribution in [3.8, 4) is 0 Å². The maximum absolute atomic E-state index is 12.6. The molecule has 1 amide bonds. The van der Waals surface area contributed by atoms with E-state index in [1.165, 1.54) is 4.31 Å². The molecule has 1 aromatic rings. The number of amides is 1. The van der Waals surface area contributed by atoms with Gasteiger partial charge in [-0.25, -0.2) is 8.42 Å². The van der Waals surface area contributed by atoms with Crippen molar-refractivity contribution < 1.29 is 13.2 Å². The first-order valence-electron chi connectivity index (χ1n) is 6.73. The van der Waals surface area contributed by atoms with E-state index in [9.17, 15) is 13.2 Å². The van der Waals surface area contributed by atoms with Crippen molar-refractivity contribution in [1.29, 1.82) is 0 Å². The topological polar surface area (TPSA) is 86.4 Å². The Kier molecular flexibility index (Phi) is 4.90. The monoisotopic (exact) mass is 334 g/mol. The lowest BCUT2D eigenvalue weighted by Crippen LogP contribution is -2.50. The highest BCUT2D eigenvalue weighted by molar-refractivity contribution is 7.89. The summed E-state index contributed by atoms with van der Waals surface area (Å²) in [6.07, 6.45) is 0.286. The molecule has 1 aromatic heterocycles. The van der Waals surface area contributed by atoms with Crippen molar-refractivity contribution in [1.82, 2.24) is 19.4 Å². The summed E-state index contributed by atoms with van der Waals surface area (Å²) in [5, 5.41) is 6.63. The summed E-state index contributed by atoms with van der Waals surface area (Å²) in [5.41, 5.74) is 1.00. The third-order valence-corrected chi connectivity index (χ3v) is 5.91. The van der Waals surface area contributed by atoms with Crippen LogP contribution in [-0.2, 0) is 14.8 Å². The highest BCUT2D eigenvalue weighted by Gasteiger charge is 2.33. The standard InChI is InChI=1S/C12H19ClN4O3S/c1-9-12(10(2)15-14-9)21(19,20)17-7-5-16(6-8-17)11(18)3-4-13/h3-8H2,1-2H3,(H,14,15). The molecule has 9 heteroatoms. The zero-order valence-corrected chi connectivity index (χ0v) is 13.7. The molecule has 7 nitrogen and oxygen atoms in total. The Morgan fingerprint density at radius 1 is 1.29 bits per heavy atom. The molecule has 0 spiro atoms. The zero-order valence-electron chi connectivity index (χ0n) is 12.1. The van der Waals surface area contributed by atoms with E-state index in [4.69, 9.17) is 11.6 Å². The smallest absolute Gasteiger partial charge is 0.246 e. The summed E-state index contributed by atoms with van der Waals surface area (Å²) >= 11 is 5.56. The van der Waals surface area contributed by atoms with Crippen molar-refractivity contribution >= 4 is 27.5 Å². The number of hydrogen-bond donors (Lipinski definition) is 1. The summed E-state index contributed by atoms with van der Waals surface area (Å²) in [6.45, 7) is 4.72. The number of aromatic nitrogens is 2. The summed E-state index contributed by atoms with van der Waals surface area (Å²) in [6, 6.07) is 0. The van der Waals surface area contributed by atoms with E-state index in [-0.39, 0.29) is 23.1 Å². The van der Waals surface area contributed by atoms with Gasteiger partial charge in [-0.2, -0.15) is 9.40 Å². The molecule has 1 aliphatic heterocycles. The van der Waals surface area contributed by atoms with Gasteiger partial charge in [-0.1, -0.05) is 0 Å². The minimum Gasteiger partial charge on any atom is -0.340 e. The molecule has 1 aliphatic rings. The largest absolute Gasteiger partial charge is 0.340 e. The van der Waals surface area contributed by atoms with E-state index in [0.29, 0.717) is 37.6 Å². The first-order chi connectivity index (χ1) is 9.87. The van der Waals surface area contributed by atoms with Crippen LogP contribution in [0.1, 0.15) is 17.8 Å². The molecule has 2 heterocycles. The number of nitrogens with zero attached hydrogens (tertiary/aromatic N) is 3. The Morgan fingerprint density at radius 2 is 1.90 bits per heavy atom. The van der Waals surface area contributed by atoms with E-state index in [0.717, 1.165) is 0 Å². The molecule has 0 radical (unpaired) electrons. The summed E-state index contributed by atoms with van der Waals surface area (Å²) in [7, 11) is -3.57. The van der Waals surface area contributed by atoms with E-state index >= 15 is 0 Å². The number of hydrogen-bond acceptors (Lipinski definition) is 4. The van der Waals surface area contributed by atoms with Crippen LogP contribution in [0.4, 0.5) is 0 Å². The second kappa shape index (κ2) is 6.33. The number of nitrogens with one attached hydrogen (secondary N) is 1. The summed E-state index contributed by atoms with van der Waals surface area (Å²) in [5.74, 6) is 0.253. The van der Waals surface area contributed by atoms with Crippen LogP contribution in [0.25, 0.3) is 0 Å². The first-order valence-corrected chi connectivity index (χ1v) is 8.71. The predicted octanol–water partition coefficient (Wildman–Crippen LogP) is 0.488. The lowest BCUT2D eigenvalue weighted by molar-refractivity contribution is -0.131. The van der Waals surface area contributed by atoms with Crippen LogP contribution in [0.2, 0.25) is 0 Å². The maximum atomic E-state index is 12.6. The number of halogens is 1. The van der Waals surface area contributed by atoms with Crippen LogP contribution < -0.4 is 0 Å². The quantitative estimate of drug-likeness (QED) is 0.812. The number of rotatable bonds is 4. The minimum atomic E-state index is -3.57. The van der Waals surface area contributed by atoms with E-state index in [1.807, 2.05) is 0 Å². The van der Waals surface area contributed by atoms with Gasteiger partial charge in [-0.05, 0) is 13.8 Å². The van der Waals surface area contributed by atoms with Gasteiger partial charge in [0.25, 0.3) is 0 Å². The van der Waals surface area contributed by atoms with Crippen molar-refractivity contribution in [3.05, 3.63) is 11.4 Å². The highest BCUT2D eigenvalue weighted by Crippen LogP contribution is 2.22. The molecule has 1 saturated heterocycles. The average molecular weight is 335 g/mol. The van der Waals surface area contributed by atoms with Gasteiger partial charge >= 0.3 is 0 Å². The number of carbonyl (C=O) groups excluding carboxylic acids is 1. The fourth-order valence-electron chi connectivity index (χ4n) is 2.47. The Balaban J connectivity index is 2.10. The lowest BCUT2D eigenvalue weighted by atomic mass is 10.3. The molecule has 0 atom stereocenters. The van der Waals surface area contributed by atoms with Crippen LogP contribution in [0, 0.1) is 13.8 Å². The highest BCUT2D eigenvalue weighted by atomic mass is 35.5. The second-order valence-electron chi connectivity index (χ2n) is 4.99. The third-order valence-electron chi connectivity index (χ3n) is 3.56. The van der Waals surface area contributed by atoms with Crippen LogP contribution in [0.5, 0.6) is 0 Å². The number of piperazine rings is 1. The van der Waals surface area contributed by atoms with E-state index < -0.39 is 10.0 Å². The van der Waals surface area contributed by atoms with Gasteiger partial charge in [0, 0.05) is 38.5 Å². The van der Waals surface area contributed by atoms with Gasteiger partial charge in [-0.3, -0.25) is 9.89 Å². The van der Waals surface area contributed by atoms with Gasteiger partial charge in [0.05, 0.1) is 11.4 Å². The Morgan fingerprint density at radius 3 is 2.38 bits per heavy atom. The molecular formula is C12H19ClN4O3S. The van der Waals surface area contributed by atoms with Crippen molar-refractivity contribution in [3.63, 3.8) is 0 Å². The SMILES string of the molecule is Cc1n[nH]c(C)c1S(=O)(=O)N1CCN(C(=O)CCCl)CC1. The molecule has 21 heavy (non-hydrogen) atoms. The second-order valence-corrected chi connectivity index (χ2v) is 7.24. The zero-order chi connectivity index (χ0) is 15.6. The van der Waals surface area contributed by atoms with Gasteiger partial charge in [0.2, 0.25) is 15.9 Å². The number of aromatic amines is 1. The molecule has 118 valence electrons. The maximum Gasteiger partial charge on any atom is 0.246 e. The molecule has 0 aromatic carbocycles. The first kappa shape index (κ1) is 16.3. The normalized spacial score (nSPS) is 17.2. The molecular weight excluding hydrogens is 316 g/mol. The molecule has 0 aliphatic carbocycles. The van der Waals surface area contributed by atoms with Gasteiger partial charge in [-0.15, -0.1) is 11.6 Å². The van der Waals surface area contributed by atoms with Crippen LogP contribution >= 0.6 is 11.6 Å². The molecule has 0 bridgehead atoms. The minimum absolute atomic E-state index is 0.0299. The number of alkyl halides is 1. The fraction of sp³-hybridized carbons (Fsp3) is 0.667. The molecule has 1 fully saturated rings. The average Bonchev–Trinajstić information content (AvgIpc) is 2.79. The van der Waals surface area contributed by atoms with E-state index in [2.05, 4.69) is 10.2 Å². The predicted molar refractivity (Wildman–Crippen MR) is 78.7 cm³/mol. The van der Waals surface area contributed by atoms with E-state index in [1.54, 1.807) is 18.7 Å². The summed E-state index contributed by atoms with van der Waals surface area (Å²) in [4.78, 5) is 13.6. The van der Waals surface area contributed by atoms with Gasteiger partial charge in [0.15, 0.2) is 0 Å². The van der Waals surface area contributed by atoms with Crippen LogP contribution in [0.3, 0.4) is 0 Å². The molecule has 0 unspecified atom stereocenters. The lowest BCUT2D eigenvalue weighted by Gasteiger charge is -2.34. The van der Waals surface area contributed by atoms with Gasteiger partial charge < -0.3 is 4.90 Å². The summed E-state index contributed by atoms with van der Waals surface area (Å²) < 4.78 is 26.7. The molecule has 0 saturated carbocycles.